The van der Waals surface area contributed by atoms with Gasteiger partial charge in [0.2, 0.25) is 0 Å². The molecule has 0 atom stereocenters. The van der Waals surface area contributed by atoms with Gasteiger partial charge in [-0.25, -0.2) is 8.42 Å². The SMILES string of the molecule is CS(=O)(=O)Cc1ccc(C(=O)NCc2ccccn2)cc1. The van der Waals surface area contributed by atoms with Gasteiger partial charge in [0.05, 0.1) is 18.0 Å². The first-order valence-corrected chi connectivity index (χ1v) is 8.45. The minimum Gasteiger partial charge on any atom is -0.346 e. The second kappa shape index (κ2) is 6.49. The zero-order valence-corrected chi connectivity index (χ0v) is 12.4. The number of amides is 1. The third-order valence-corrected chi connectivity index (χ3v) is 3.66. The molecule has 5 nitrogen and oxygen atoms in total. The predicted molar refractivity (Wildman–Crippen MR) is 80.4 cm³/mol. The van der Waals surface area contributed by atoms with E-state index in [0.717, 1.165) is 5.69 Å². The number of nitrogens with zero attached hydrogens (tertiary/aromatic N) is 1. The highest BCUT2D eigenvalue weighted by Crippen LogP contribution is 2.08. The third-order valence-electron chi connectivity index (χ3n) is 2.80. The molecule has 0 aliphatic rings. The number of sulfone groups is 1. The van der Waals surface area contributed by atoms with E-state index >= 15 is 0 Å². The van der Waals surface area contributed by atoms with Crippen molar-refractivity contribution in [1.29, 1.82) is 0 Å². The van der Waals surface area contributed by atoms with Gasteiger partial charge in [0.25, 0.3) is 5.91 Å². The molecule has 0 radical (unpaired) electrons. The van der Waals surface area contributed by atoms with Crippen molar-refractivity contribution >= 4 is 15.7 Å². The molecule has 2 rings (SSSR count). The Labute approximate surface area is 124 Å². The average Bonchev–Trinajstić information content (AvgIpc) is 2.45. The number of rotatable bonds is 5. The summed E-state index contributed by atoms with van der Waals surface area (Å²) in [5.74, 6) is -0.241. The van der Waals surface area contributed by atoms with Gasteiger partial charge < -0.3 is 5.32 Å². The highest BCUT2D eigenvalue weighted by Gasteiger charge is 2.08. The number of carbonyl (C=O) groups is 1. The van der Waals surface area contributed by atoms with Gasteiger partial charge in [-0.15, -0.1) is 0 Å². The molecule has 21 heavy (non-hydrogen) atoms. The van der Waals surface area contributed by atoms with Crippen molar-refractivity contribution in [3.05, 3.63) is 65.5 Å². The molecule has 110 valence electrons. The van der Waals surface area contributed by atoms with E-state index in [1.807, 2.05) is 18.2 Å². The van der Waals surface area contributed by atoms with Gasteiger partial charge in [0.15, 0.2) is 9.84 Å². The second-order valence-corrected chi connectivity index (χ2v) is 6.91. The van der Waals surface area contributed by atoms with Crippen molar-refractivity contribution in [3.8, 4) is 0 Å². The normalized spacial score (nSPS) is 11.1. The van der Waals surface area contributed by atoms with E-state index in [2.05, 4.69) is 10.3 Å². The molecule has 0 spiro atoms. The highest BCUT2D eigenvalue weighted by atomic mass is 32.2. The Morgan fingerprint density at radius 2 is 1.86 bits per heavy atom. The number of aromatic nitrogens is 1. The molecule has 1 heterocycles. The first-order valence-electron chi connectivity index (χ1n) is 6.39. The second-order valence-electron chi connectivity index (χ2n) is 4.77. The predicted octanol–water partition coefficient (Wildman–Crippen LogP) is 1.56. The van der Waals surface area contributed by atoms with Crippen LogP contribution in [-0.2, 0) is 22.1 Å². The van der Waals surface area contributed by atoms with E-state index < -0.39 is 9.84 Å². The van der Waals surface area contributed by atoms with Crippen molar-refractivity contribution in [2.45, 2.75) is 12.3 Å². The van der Waals surface area contributed by atoms with Crippen molar-refractivity contribution in [2.75, 3.05) is 6.26 Å². The summed E-state index contributed by atoms with van der Waals surface area (Å²) in [4.78, 5) is 16.1. The monoisotopic (exact) mass is 304 g/mol. The van der Waals surface area contributed by atoms with Crippen molar-refractivity contribution in [3.63, 3.8) is 0 Å². The molecule has 0 aliphatic carbocycles. The maximum absolute atomic E-state index is 12.0. The van der Waals surface area contributed by atoms with Crippen LogP contribution in [0.3, 0.4) is 0 Å². The van der Waals surface area contributed by atoms with Gasteiger partial charge in [-0.1, -0.05) is 18.2 Å². The van der Waals surface area contributed by atoms with Crippen LogP contribution in [0.5, 0.6) is 0 Å². The van der Waals surface area contributed by atoms with Crippen LogP contribution < -0.4 is 5.32 Å². The summed E-state index contributed by atoms with van der Waals surface area (Å²) in [7, 11) is -3.07. The number of hydrogen-bond acceptors (Lipinski definition) is 4. The van der Waals surface area contributed by atoms with Gasteiger partial charge in [-0.3, -0.25) is 9.78 Å². The summed E-state index contributed by atoms with van der Waals surface area (Å²) >= 11 is 0. The minimum atomic E-state index is -3.07. The van der Waals surface area contributed by atoms with E-state index in [1.165, 1.54) is 6.26 Å². The maximum Gasteiger partial charge on any atom is 0.251 e. The first-order chi connectivity index (χ1) is 9.94. The fourth-order valence-corrected chi connectivity index (χ4v) is 2.63. The largest absolute Gasteiger partial charge is 0.346 e. The summed E-state index contributed by atoms with van der Waals surface area (Å²) < 4.78 is 22.4. The van der Waals surface area contributed by atoms with E-state index in [9.17, 15) is 13.2 Å². The fraction of sp³-hybridized carbons (Fsp3) is 0.200. The Morgan fingerprint density at radius 3 is 2.43 bits per heavy atom. The molecule has 0 saturated carbocycles. The van der Waals surface area contributed by atoms with E-state index in [-0.39, 0.29) is 11.7 Å². The molecule has 0 aliphatic heterocycles. The van der Waals surface area contributed by atoms with Gasteiger partial charge in [0, 0.05) is 18.0 Å². The number of hydrogen-bond donors (Lipinski definition) is 1. The number of nitrogens with one attached hydrogen (secondary N) is 1. The lowest BCUT2D eigenvalue weighted by atomic mass is 10.1. The topological polar surface area (TPSA) is 76.1 Å². The molecule has 2 aromatic rings. The fourth-order valence-electron chi connectivity index (χ4n) is 1.83. The van der Waals surface area contributed by atoms with E-state index in [0.29, 0.717) is 17.7 Å². The van der Waals surface area contributed by atoms with E-state index in [1.54, 1.807) is 30.5 Å². The number of carbonyl (C=O) groups excluding carboxylic acids is 1. The van der Waals surface area contributed by atoms with E-state index in [4.69, 9.17) is 0 Å². The Balaban J connectivity index is 1.97. The summed E-state index contributed by atoms with van der Waals surface area (Å²) in [6.07, 6.45) is 2.85. The quantitative estimate of drug-likeness (QED) is 0.909. The average molecular weight is 304 g/mol. The standard InChI is InChI=1S/C15H16N2O3S/c1-21(19,20)11-12-5-7-13(8-6-12)15(18)17-10-14-4-2-3-9-16-14/h2-9H,10-11H2,1H3,(H,17,18). The molecule has 1 amide bonds. The van der Waals surface area contributed by atoms with Crippen molar-refractivity contribution in [2.24, 2.45) is 0 Å². The summed E-state index contributed by atoms with van der Waals surface area (Å²) in [6.45, 7) is 0.352. The molecule has 0 fully saturated rings. The maximum atomic E-state index is 12.0. The molecule has 0 saturated heterocycles. The Bertz CT molecular complexity index is 710. The van der Waals surface area contributed by atoms with Crippen LogP contribution in [0.1, 0.15) is 21.6 Å². The summed E-state index contributed by atoms with van der Waals surface area (Å²) in [5.41, 5.74) is 1.93. The van der Waals surface area contributed by atoms with Gasteiger partial charge >= 0.3 is 0 Å². The van der Waals surface area contributed by atoms with Crippen LogP contribution in [0.15, 0.2) is 48.7 Å². The van der Waals surface area contributed by atoms with Crippen molar-refractivity contribution in [1.82, 2.24) is 10.3 Å². The minimum absolute atomic E-state index is 0.0250. The Kier molecular flexibility index (Phi) is 4.70. The zero-order valence-electron chi connectivity index (χ0n) is 11.6. The highest BCUT2D eigenvalue weighted by molar-refractivity contribution is 7.89. The Hall–Kier alpha value is -2.21. The van der Waals surface area contributed by atoms with Crippen molar-refractivity contribution < 1.29 is 13.2 Å². The summed E-state index contributed by atoms with van der Waals surface area (Å²) in [6, 6.07) is 12.0. The van der Waals surface area contributed by atoms with Crippen LogP contribution >= 0.6 is 0 Å². The van der Waals surface area contributed by atoms with Gasteiger partial charge in [-0.2, -0.15) is 0 Å². The molecule has 1 N–H and O–H groups in total. The Morgan fingerprint density at radius 1 is 1.14 bits per heavy atom. The van der Waals surface area contributed by atoms with Gasteiger partial charge in [0.1, 0.15) is 0 Å². The smallest absolute Gasteiger partial charge is 0.251 e. The zero-order chi connectivity index (χ0) is 15.3. The van der Waals surface area contributed by atoms with Crippen LogP contribution in [0.4, 0.5) is 0 Å². The van der Waals surface area contributed by atoms with Crippen LogP contribution in [0.2, 0.25) is 0 Å². The summed E-state index contributed by atoms with van der Waals surface area (Å²) in [5, 5.41) is 2.76. The lowest BCUT2D eigenvalue weighted by Gasteiger charge is -2.06. The molecular weight excluding hydrogens is 288 g/mol. The first kappa shape index (κ1) is 15.2. The number of benzene rings is 1. The molecule has 1 aromatic carbocycles. The number of pyridine rings is 1. The third kappa shape index (κ3) is 5.00. The van der Waals surface area contributed by atoms with Gasteiger partial charge in [-0.05, 0) is 29.8 Å². The molecule has 0 bridgehead atoms. The van der Waals surface area contributed by atoms with Crippen LogP contribution in [0.25, 0.3) is 0 Å². The molecule has 1 aromatic heterocycles. The lowest BCUT2D eigenvalue weighted by Crippen LogP contribution is -2.23. The molecule has 6 heteroatoms. The molecular formula is C15H16N2O3S. The van der Waals surface area contributed by atoms with Crippen LogP contribution in [-0.4, -0.2) is 25.6 Å². The van der Waals surface area contributed by atoms with Crippen LogP contribution in [0, 0.1) is 0 Å². The molecule has 0 unspecified atom stereocenters. The lowest BCUT2D eigenvalue weighted by molar-refractivity contribution is 0.0950.